The molecule has 0 radical (unpaired) electrons. The van der Waals surface area contributed by atoms with Gasteiger partial charge in [-0.15, -0.1) is 11.3 Å². The number of carbonyl (C=O) groups is 1. The highest BCUT2D eigenvalue weighted by atomic mass is 32.2. The molecule has 5 nitrogen and oxygen atoms in total. The van der Waals surface area contributed by atoms with Crippen LogP contribution in [-0.2, 0) is 20.2 Å². The van der Waals surface area contributed by atoms with Crippen LogP contribution >= 0.6 is 11.3 Å². The van der Waals surface area contributed by atoms with E-state index in [4.69, 9.17) is 0 Å². The van der Waals surface area contributed by atoms with Crippen molar-refractivity contribution in [3.8, 4) is 0 Å². The number of carbonyl (C=O) groups excluding carboxylic acids is 1. The first-order chi connectivity index (χ1) is 16.2. The third kappa shape index (κ3) is 5.43. The van der Waals surface area contributed by atoms with Gasteiger partial charge in [0, 0.05) is 23.9 Å². The summed E-state index contributed by atoms with van der Waals surface area (Å²) in [5.74, 6) is -0.227. The van der Waals surface area contributed by atoms with Gasteiger partial charge in [-0.25, -0.2) is 8.42 Å². The number of sulfonamides is 1. The summed E-state index contributed by atoms with van der Waals surface area (Å²) in [5.41, 5.74) is 2.10. The van der Waals surface area contributed by atoms with Crippen LogP contribution in [0.1, 0.15) is 55.7 Å². The number of amides is 1. The second-order valence-electron chi connectivity index (χ2n) is 9.82. The fraction of sp³-hybridized carbons (Fsp3) is 0.370. The van der Waals surface area contributed by atoms with Crippen LogP contribution in [-0.4, -0.2) is 31.7 Å². The van der Waals surface area contributed by atoms with Crippen molar-refractivity contribution < 1.29 is 13.2 Å². The molecule has 0 aliphatic carbocycles. The van der Waals surface area contributed by atoms with Crippen molar-refractivity contribution in [3.05, 3.63) is 88.1 Å². The Morgan fingerprint density at radius 2 is 1.62 bits per heavy atom. The van der Waals surface area contributed by atoms with Crippen LogP contribution in [0, 0.1) is 5.92 Å². The van der Waals surface area contributed by atoms with Crippen molar-refractivity contribution in [2.75, 3.05) is 13.1 Å². The van der Waals surface area contributed by atoms with E-state index >= 15 is 0 Å². The van der Waals surface area contributed by atoms with Gasteiger partial charge in [0.1, 0.15) is 0 Å². The maximum Gasteiger partial charge on any atom is 0.243 e. The van der Waals surface area contributed by atoms with Crippen LogP contribution in [0.3, 0.4) is 0 Å². The van der Waals surface area contributed by atoms with Gasteiger partial charge in [-0.1, -0.05) is 69.3 Å². The number of piperidine rings is 1. The quantitative estimate of drug-likeness (QED) is 0.500. The van der Waals surface area contributed by atoms with Crippen molar-refractivity contribution in [1.29, 1.82) is 0 Å². The van der Waals surface area contributed by atoms with E-state index in [-0.39, 0.29) is 23.3 Å². The Morgan fingerprint density at radius 1 is 0.971 bits per heavy atom. The molecule has 7 heteroatoms. The molecule has 1 atom stereocenters. The Balaban J connectivity index is 1.41. The minimum absolute atomic E-state index is 0.0196. The molecule has 180 valence electrons. The van der Waals surface area contributed by atoms with E-state index in [1.807, 2.05) is 60.0 Å². The van der Waals surface area contributed by atoms with Crippen LogP contribution in [0.2, 0.25) is 0 Å². The highest BCUT2D eigenvalue weighted by Gasteiger charge is 2.33. The van der Waals surface area contributed by atoms with E-state index in [1.165, 1.54) is 4.31 Å². The van der Waals surface area contributed by atoms with E-state index in [0.717, 1.165) is 16.0 Å². The smallest absolute Gasteiger partial charge is 0.243 e. The molecule has 34 heavy (non-hydrogen) atoms. The fourth-order valence-corrected chi connectivity index (χ4v) is 6.59. The van der Waals surface area contributed by atoms with Crippen LogP contribution in [0.5, 0.6) is 0 Å². The van der Waals surface area contributed by atoms with Gasteiger partial charge in [0.25, 0.3) is 0 Å². The standard InChI is InChI=1S/C27H32N2O3S2/c1-27(2,3)22-11-13-23(14-12-22)34(31,32)29-17-15-21(16-18-29)26(30)28-25(24-10-7-19-33-24)20-8-5-4-6-9-20/h4-14,19,21,25H,15-18H2,1-3H3,(H,28,30)/t25-/m1/s1. The molecule has 0 bridgehead atoms. The van der Waals surface area contributed by atoms with E-state index < -0.39 is 10.0 Å². The molecule has 2 heterocycles. The lowest BCUT2D eigenvalue weighted by molar-refractivity contribution is -0.126. The molecule has 0 unspecified atom stereocenters. The molecule has 0 saturated carbocycles. The summed E-state index contributed by atoms with van der Waals surface area (Å²) in [5, 5.41) is 5.22. The van der Waals surface area contributed by atoms with Gasteiger partial charge in [0.15, 0.2) is 0 Å². The van der Waals surface area contributed by atoms with Gasteiger partial charge in [-0.05, 0) is 53.0 Å². The molecule has 4 rings (SSSR count). The number of thiophene rings is 1. The molecule has 1 saturated heterocycles. The summed E-state index contributed by atoms with van der Waals surface area (Å²) >= 11 is 1.62. The molecule has 3 aromatic rings. The van der Waals surface area contributed by atoms with E-state index in [0.29, 0.717) is 30.8 Å². The van der Waals surface area contributed by atoms with Crippen LogP contribution in [0.4, 0.5) is 0 Å². The maximum atomic E-state index is 13.2. The Kier molecular flexibility index (Phi) is 7.26. The van der Waals surface area contributed by atoms with Crippen LogP contribution in [0.15, 0.2) is 77.0 Å². The highest BCUT2D eigenvalue weighted by Crippen LogP contribution is 2.29. The zero-order valence-corrected chi connectivity index (χ0v) is 21.5. The monoisotopic (exact) mass is 496 g/mol. The minimum Gasteiger partial charge on any atom is -0.344 e. The number of hydrogen-bond acceptors (Lipinski definition) is 4. The molecular weight excluding hydrogens is 464 g/mol. The lowest BCUT2D eigenvalue weighted by atomic mass is 9.87. The van der Waals surface area contributed by atoms with Gasteiger partial charge in [0.05, 0.1) is 10.9 Å². The first kappa shape index (κ1) is 24.6. The lowest BCUT2D eigenvalue weighted by Gasteiger charge is -2.31. The highest BCUT2D eigenvalue weighted by molar-refractivity contribution is 7.89. The van der Waals surface area contributed by atoms with E-state index in [9.17, 15) is 13.2 Å². The molecule has 1 N–H and O–H groups in total. The maximum absolute atomic E-state index is 13.2. The van der Waals surface area contributed by atoms with Crippen molar-refractivity contribution in [2.45, 2.75) is 50.0 Å². The van der Waals surface area contributed by atoms with Crippen molar-refractivity contribution in [3.63, 3.8) is 0 Å². The molecule has 2 aromatic carbocycles. The topological polar surface area (TPSA) is 66.5 Å². The minimum atomic E-state index is -3.57. The van der Waals surface area contributed by atoms with Gasteiger partial charge in [0.2, 0.25) is 15.9 Å². The summed E-state index contributed by atoms with van der Waals surface area (Å²) in [7, 11) is -3.57. The van der Waals surface area contributed by atoms with E-state index in [2.05, 4.69) is 26.1 Å². The molecule has 1 amide bonds. The zero-order chi connectivity index (χ0) is 24.3. The fourth-order valence-electron chi connectivity index (χ4n) is 4.31. The summed E-state index contributed by atoms with van der Waals surface area (Å²) in [4.78, 5) is 14.6. The van der Waals surface area contributed by atoms with Crippen molar-refractivity contribution in [2.24, 2.45) is 5.92 Å². The first-order valence-electron chi connectivity index (χ1n) is 11.7. The largest absolute Gasteiger partial charge is 0.344 e. The molecule has 1 fully saturated rings. The Labute approximate surface area is 206 Å². The predicted octanol–water partition coefficient (Wildman–Crippen LogP) is 5.35. The average molecular weight is 497 g/mol. The number of benzene rings is 2. The number of rotatable bonds is 6. The summed E-state index contributed by atoms with van der Waals surface area (Å²) in [6, 6.07) is 20.9. The first-order valence-corrected chi connectivity index (χ1v) is 14.0. The Bertz CT molecular complexity index is 1190. The van der Waals surface area contributed by atoms with Gasteiger partial charge in [-0.2, -0.15) is 4.31 Å². The number of nitrogens with one attached hydrogen (secondary N) is 1. The van der Waals surface area contributed by atoms with Crippen LogP contribution in [0.25, 0.3) is 0 Å². The molecule has 1 aliphatic heterocycles. The zero-order valence-electron chi connectivity index (χ0n) is 19.9. The van der Waals surface area contributed by atoms with Crippen molar-refractivity contribution in [1.82, 2.24) is 9.62 Å². The van der Waals surface area contributed by atoms with Crippen LogP contribution < -0.4 is 5.32 Å². The number of hydrogen-bond donors (Lipinski definition) is 1. The molecule has 0 spiro atoms. The van der Waals surface area contributed by atoms with Gasteiger partial charge >= 0.3 is 0 Å². The second-order valence-corrected chi connectivity index (χ2v) is 12.7. The predicted molar refractivity (Wildman–Crippen MR) is 137 cm³/mol. The second kappa shape index (κ2) is 10.0. The Hall–Kier alpha value is -2.48. The summed E-state index contributed by atoms with van der Waals surface area (Å²) in [6.07, 6.45) is 1.02. The SMILES string of the molecule is CC(C)(C)c1ccc(S(=O)(=O)N2CCC(C(=O)N[C@H](c3ccccc3)c3cccs3)CC2)cc1. The third-order valence-electron chi connectivity index (χ3n) is 6.43. The normalized spacial score (nSPS) is 16.8. The summed E-state index contributed by atoms with van der Waals surface area (Å²) < 4.78 is 27.9. The molecule has 1 aromatic heterocycles. The van der Waals surface area contributed by atoms with Gasteiger partial charge in [-0.3, -0.25) is 4.79 Å². The van der Waals surface area contributed by atoms with Crippen molar-refractivity contribution >= 4 is 27.3 Å². The Morgan fingerprint density at radius 3 is 2.18 bits per heavy atom. The average Bonchev–Trinajstić information content (AvgIpc) is 3.37. The molecule has 1 aliphatic rings. The molecular formula is C27H32N2O3S2. The van der Waals surface area contributed by atoms with Gasteiger partial charge < -0.3 is 5.32 Å². The van der Waals surface area contributed by atoms with E-state index in [1.54, 1.807) is 23.5 Å². The lowest BCUT2D eigenvalue weighted by Crippen LogP contribution is -2.43. The third-order valence-corrected chi connectivity index (χ3v) is 9.28. The number of nitrogens with zero attached hydrogens (tertiary/aromatic N) is 1. The summed E-state index contributed by atoms with van der Waals surface area (Å²) in [6.45, 7) is 7.00.